The first-order valence-electron chi connectivity index (χ1n) is 6.68. The van der Waals surface area contributed by atoms with Gasteiger partial charge in [0.15, 0.2) is 0 Å². The molecule has 3 nitrogen and oxygen atoms in total. The molecule has 4 heteroatoms. The number of carbonyl (C=O) groups is 1. The predicted octanol–water partition coefficient (Wildman–Crippen LogP) is 3.45. The third kappa shape index (κ3) is 2.75. The Bertz CT molecular complexity index is 416. The molecule has 0 saturated carbocycles. The van der Waals surface area contributed by atoms with Crippen molar-refractivity contribution < 1.29 is 9.90 Å². The van der Waals surface area contributed by atoms with Crippen LogP contribution in [-0.4, -0.2) is 28.6 Å². The van der Waals surface area contributed by atoms with Crippen LogP contribution in [0.15, 0.2) is 12.1 Å². The van der Waals surface area contributed by atoms with Crippen LogP contribution >= 0.6 is 11.3 Å². The maximum Gasteiger partial charge on any atom is 0.320 e. The van der Waals surface area contributed by atoms with Crippen molar-refractivity contribution in [1.29, 1.82) is 0 Å². The quantitative estimate of drug-likeness (QED) is 0.908. The smallest absolute Gasteiger partial charge is 0.320 e. The molecule has 1 aromatic rings. The molecule has 2 heterocycles. The van der Waals surface area contributed by atoms with Gasteiger partial charge in [0.05, 0.1) is 0 Å². The van der Waals surface area contributed by atoms with Gasteiger partial charge in [-0.25, -0.2) is 0 Å². The first-order chi connectivity index (χ1) is 8.63. The molecule has 0 radical (unpaired) electrons. The van der Waals surface area contributed by atoms with Gasteiger partial charge in [0.25, 0.3) is 0 Å². The van der Waals surface area contributed by atoms with Gasteiger partial charge in [-0.3, -0.25) is 9.69 Å². The Labute approximate surface area is 112 Å². The van der Waals surface area contributed by atoms with E-state index in [1.807, 2.05) is 0 Å². The summed E-state index contributed by atoms with van der Waals surface area (Å²) < 4.78 is 0. The normalized spacial score (nSPS) is 22.9. The molecular weight excluding hydrogens is 246 g/mol. The van der Waals surface area contributed by atoms with Crippen LogP contribution in [-0.2, 0) is 4.79 Å². The van der Waals surface area contributed by atoms with Crippen molar-refractivity contribution in [2.45, 2.75) is 51.6 Å². The van der Waals surface area contributed by atoms with Crippen LogP contribution in [0.5, 0.6) is 0 Å². The van der Waals surface area contributed by atoms with E-state index in [1.165, 1.54) is 9.75 Å². The van der Waals surface area contributed by atoms with Crippen LogP contribution in [0.3, 0.4) is 0 Å². The second-order valence-electron chi connectivity index (χ2n) is 4.96. The molecule has 18 heavy (non-hydrogen) atoms. The minimum absolute atomic E-state index is 0.269. The van der Waals surface area contributed by atoms with Crippen molar-refractivity contribution >= 4 is 17.3 Å². The molecule has 0 spiro atoms. The molecule has 1 saturated heterocycles. The zero-order valence-electron chi connectivity index (χ0n) is 11.1. The number of thiophene rings is 1. The summed E-state index contributed by atoms with van der Waals surface area (Å²) in [6.07, 6.45) is 3.91. The fourth-order valence-electron chi connectivity index (χ4n) is 2.82. The van der Waals surface area contributed by atoms with Crippen LogP contribution in [0.2, 0.25) is 0 Å². The monoisotopic (exact) mass is 267 g/mol. The Morgan fingerprint density at radius 1 is 1.56 bits per heavy atom. The number of likely N-dealkylation sites (tertiary alicyclic amines) is 1. The van der Waals surface area contributed by atoms with Gasteiger partial charge in [-0.1, -0.05) is 13.3 Å². The number of hydrogen-bond donors (Lipinski definition) is 1. The Morgan fingerprint density at radius 2 is 2.33 bits per heavy atom. The fraction of sp³-hybridized carbons (Fsp3) is 0.643. The highest BCUT2D eigenvalue weighted by atomic mass is 32.1. The first kappa shape index (κ1) is 13.6. The maximum absolute atomic E-state index is 11.4. The van der Waals surface area contributed by atoms with E-state index in [9.17, 15) is 9.90 Å². The minimum Gasteiger partial charge on any atom is -0.480 e. The molecule has 1 fully saturated rings. The van der Waals surface area contributed by atoms with Gasteiger partial charge >= 0.3 is 5.97 Å². The van der Waals surface area contributed by atoms with Crippen molar-refractivity contribution in [1.82, 2.24) is 4.90 Å². The lowest BCUT2D eigenvalue weighted by Gasteiger charge is -2.38. The maximum atomic E-state index is 11.4. The van der Waals surface area contributed by atoms with Crippen molar-refractivity contribution in [3.05, 3.63) is 21.9 Å². The number of carboxylic acids is 1. The second kappa shape index (κ2) is 5.85. The molecule has 1 aromatic heterocycles. The summed E-state index contributed by atoms with van der Waals surface area (Å²) >= 11 is 1.79. The number of hydrogen-bond acceptors (Lipinski definition) is 3. The summed E-state index contributed by atoms with van der Waals surface area (Å²) in [5.41, 5.74) is 0. The van der Waals surface area contributed by atoms with E-state index >= 15 is 0 Å². The van der Waals surface area contributed by atoms with Gasteiger partial charge in [-0.15, -0.1) is 11.3 Å². The van der Waals surface area contributed by atoms with E-state index < -0.39 is 5.97 Å². The van der Waals surface area contributed by atoms with Gasteiger partial charge in [0, 0.05) is 15.8 Å². The lowest BCUT2D eigenvalue weighted by molar-refractivity contribution is -0.146. The number of carboxylic acid groups (broad SMARTS) is 1. The summed E-state index contributed by atoms with van der Waals surface area (Å²) in [6, 6.07) is 4.25. The fourth-order valence-corrected chi connectivity index (χ4v) is 3.91. The molecule has 100 valence electrons. The van der Waals surface area contributed by atoms with Gasteiger partial charge in [-0.2, -0.15) is 0 Å². The summed E-state index contributed by atoms with van der Waals surface area (Å²) in [6.45, 7) is 5.16. The zero-order valence-corrected chi connectivity index (χ0v) is 11.9. The molecule has 0 bridgehead atoms. The van der Waals surface area contributed by atoms with Gasteiger partial charge in [-0.05, 0) is 44.9 Å². The molecular formula is C14H21NO2S. The lowest BCUT2D eigenvalue weighted by atomic mass is 9.98. The van der Waals surface area contributed by atoms with Crippen LogP contribution in [0.25, 0.3) is 0 Å². The summed E-state index contributed by atoms with van der Waals surface area (Å²) in [5, 5.41) is 9.37. The summed E-state index contributed by atoms with van der Waals surface area (Å²) in [7, 11) is 0. The van der Waals surface area contributed by atoms with Crippen molar-refractivity contribution in [2.75, 3.05) is 6.54 Å². The van der Waals surface area contributed by atoms with Crippen molar-refractivity contribution in [2.24, 2.45) is 0 Å². The van der Waals surface area contributed by atoms with Crippen LogP contribution < -0.4 is 0 Å². The van der Waals surface area contributed by atoms with E-state index in [-0.39, 0.29) is 12.1 Å². The largest absolute Gasteiger partial charge is 0.480 e. The van der Waals surface area contributed by atoms with Gasteiger partial charge in [0.1, 0.15) is 6.04 Å². The van der Waals surface area contributed by atoms with E-state index in [2.05, 4.69) is 30.9 Å². The minimum atomic E-state index is -0.665. The van der Waals surface area contributed by atoms with Gasteiger partial charge < -0.3 is 5.11 Å². The first-order valence-corrected chi connectivity index (χ1v) is 7.50. The van der Waals surface area contributed by atoms with E-state index in [0.717, 1.165) is 32.2 Å². The molecule has 1 aliphatic rings. The topological polar surface area (TPSA) is 40.5 Å². The molecule has 1 aliphatic heterocycles. The Kier molecular flexibility index (Phi) is 4.40. The average molecular weight is 267 g/mol. The number of rotatable bonds is 4. The molecule has 1 N–H and O–H groups in total. The SMILES string of the molecule is CCC(c1ccc(C)s1)N1CCCCC1C(=O)O. The summed E-state index contributed by atoms with van der Waals surface area (Å²) in [5.74, 6) is -0.665. The zero-order chi connectivity index (χ0) is 13.1. The number of aliphatic carboxylic acids is 1. The Balaban J connectivity index is 2.22. The lowest BCUT2D eigenvalue weighted by Crippen LogP contribution is -2.46. The van der Waals surface area contributed by atoms with E-state index in [1.54, 1.807) is 11.3 Å². The van der Waals surface area contributed by atoms with Crippen LogP contribution in [0, 0.1) is 6.92 Å². The Morgan fingerprint density at radius 3 is 2.89 bits per heavy atom. The van der Waals surface area contributed by atoms with E-state index in [4.69, 9.17) is 0 Å². The highest BCUT2D eigenvalue weighted by molar-refractivity contribution is 7.12. The van der Waals surface area contributed by atoms with Crippen LogP contribution in [0.1, 0.15) is 48.4 Å². The molecule has 0 aromatic carbocycles. The third-order valence-electron chi connectivity index (χ3n) is 3.71. The molecule has 2 unspecified atom stereocenters. The summed E-state index contributed by atoms with van der Waals surface area (Å²) in [4.78, 5) is 16.2. The van der Waals surface area contributed by atoms with E-state index in [0.29, 0.717) is 0 Å². The predicted molar refractivity (Wildman–Crippen MR) is 74.1 cm³/mol. The van der Waals surface area contributed by atoms with Crippen LogP contribution in [0.4, 0.5) is 0 Å². The highest BCUT2D eigenvalue weighted by Crippen LogP contribution is 2.34. The number of aryl methyl sites for hydroxylation is 1. The standard InChI is InChI=1S/C14H21NO2S/c1-3-11(13-8-7-10(2)18-13)15-9-5-4-6-12(15)14(16)17/h7-8,11-12H,3-6,9H2,1-2H3,(H,16,17). The molecule has 2 rings (SSSR count). The average Bonchev–Trinajstić information content (AvgIpc) is 2.77. The van der Waals surface area contributed by atoms with Crippen molar-refractivity contribution in [3.8, 4) is 0 Å². The Hall–Kier alpha value is -0.870. The third-order valence-corrected chi connectivity index (χ3v) is 4.81. The molecule has 0 amide bonds. The van der Waals surface area contributed by atoms with Gasteiger partial charge in [0.2, 0.25) is 0 Å². The van der Waals surface area contributed by atoms with Crippen molar-refractivity contribution in [3.63, 3.8) is 0 Å². The second-order valence-corrected chi connectivity index (χ2v) is 6.28. The highest BCUT2D eigenvalue weighted by Gasteiger charge is 2.33. The number of nitrogens with zero attached hydrogens (tertiary/aromatic N) is 1. The number of piperidine rings is 1. The molecule has 0 aliphatic carbocycles. The molecule has 2 atom stereocenters.